The van der Waals surface area contributed by atoms with Gasteiger partial charge in [-0.15, -0.1) is 0 Å². The molecule has 2 rings (SSSR count). The van der Waals surface area contributed by atoms with Crippen LogP contribution in [0.25, 0.3) is 0 Å². The number of nitro groups is 1. The fraction of sp³-hybridized carbons (Fsp3) is 0.500. The highest BCUT2D eigenvalue weighted by molar-refractivity contribution is 14.1. The molecule has 1 aromatic carbocycles. The van der Waals surface area contributed by atoms with Gasteiger partial charge in [0, 0.05) is 18.3 Å². The first-order valence-corrected chi connectivity index (χ1v) is 6.94. The summed E-state index contributed by atoms with van der Waals surface area (Å²) in [6, 6.07) is 5.23. The Morgan fingerprint density at radius 2 is 2.33 bits per heavy atom. The Hall–Kier alpha value is -0.890. The van der Waals surface area contributed by atoms with Crippen LogP contribution in [0.1, 0.15) is 13.3 Å². The van der Waals surface area contributed by atoms with E-state index in [-0.39, 0.29) is 23.3 Å². The average Bonchev–Trinajstić information content (AvgIpc) is 2.69. The summed E-state index contributed by atoms with van der Waals surface area (Å²) in [6.45, 7) is 3.13. The normalized spacial score (nSPS) is 23.4. The lowest BCUT2D eigenvalue weighted by molar-refractivity contribution is -0.385. The molecule has 1 N–H and O–H groups in total. The van der Waals surface area contributed by atoms with Gasteiger partial charge in [-0.1, -0.05) is 6.92 Å². The zero-order chi connectivity index (χ0) is 13.3. The molecule has 6 heteroatoms. The summed E-state index contributed by atoms with van der Waals surface area (Å²) >= 11 is 1.98. The van der Waals surface area contributed by atoms with Crippen molar-refractivity contribution in [2.24, 2.45) is 5.92 Å². The van der Waals surface area contributed by atoms with Crippen molar-refractivity contribution >= 4 is 34.0 Å². The Morgan fingerprint density at radius 1 is 1.61 bits per heavy atom. The fourth-order valence-electron chi connectivity index (χ4n) is 2.43. The van der Waals surface area contributed by atoms with Gasteiger partial charge >= 0.3 is 0 Å². The van der Waals surface area contributed by atoms with E-state index in [1.54, 1.807) is 6.07 Å². The predicted octanol–water partition coefficient (Wildman–Crippen LogP) is 2.41. The number of anilines is 1. The number of nitrogens with zero attached hydrogens (tertiary/aromatic N) is 2. The van der Waals surface area contributed by atoms with Crippen LogP contribution in [0.3, 0.4) is 0 Å². The Kier molecular flexibility index (Phi) is 4.06. The lowest BCUT2D eigenvalue weighted by atomic mass is 10.0. The van der Waals surface area contributed by atoms with Crippen molar-refractivity contribution in [2.75, 3.05) is 18.1 Å². The van der Waals surface area contributed by atoms with Gasteiger partial charge in [-0.25, -0.2) is 0 Å². The van der Waals surface area contributed by atoms with Crippen molar-refractivity contribution < 1.29 is 10.0 Å². The van der Waals surface area contributed by atoms with Crippen molar-refractivity contribution in [3.8, 4) is 0 Å². The monoisotopic (exact) mass is 362 g/mol. The van der Waals surface area contributed by atoms with Crippen LogP contribution in [-0.4, -0.2) is 29.2 Å². The standard InChI is InChI=1S/C12H15IN2O3/c1-8-4-5-14(12(8)7-16)9-2-3-11(15(17)18)10(13)6-9/h2-3,6,8,12,16H,4-5,7H2,1H3. The summed E-state index contributed by atoms with van der Waals surface area (Å²) in [5.74, 6) is 0.447. The molecule has 0 radical (unpaired) electrons. The van der Waals surface area contributed by atoms with Crippen LogP contribution in [0.2, 0.25) is 0 Å². The SMILES string of the molecule is CC1CCN(c2ccc([N+](=O)[O-])c(I)c2)C1CO. The highest BCUT2D eigenvalue weighted by Gasteiger charge is 2.31. The highest BCUT2D eigenvalue weighted by atomic mass is 127. The minimum absolute atomic E-state index is 0.113. The lowest BCUT2D eigenvalue weighted by Gasteiger charge is -2.27. The van der Waals surface area contributed by atoms with E-state index in [0.717, 1.165) is 18.7 Å². The smallest absolute Gasteiger partial charge is 0.282 e. The zero-order valence-corrected chi connectivity index (χ0v) is 12.2. The Labute approximate surface area is 119 Å². The van der Waals surface area contributed by atoms with Gasteiger partial charge in [0.15, 0.2) is 0 Å². The second-order valence-corrected chi connectivity index (χ2v) is 5.76. The summed E-state index contributed by atoms with van der Waals surface area (Å²) in [6.07, 6.45) is 1.04. The molecular weight excluding hydrogens is 347 g/mol. The van der Waals surface area contributed by atoms with Gasteiger partial charge < -0.3 is 10.0 Å². The zero-order valence-electron chi connectivity index (χ0n) is 10.0. The van der Waals surface area contributed by atoms with Crippen LogP contribution in [-0.2, 0) is 0 Å². The predicted molar refractivity (Wildman–Crippen MR) is 77.8 cm³/mol. The minimum Gasteiger partial charge on any atom is -0.394 e. The molecule has 2 atom stereocenters. The third-order valence-corrected chi connectivity index (χ3v) is 4.39. The number of hydrogen-bond donors (Lipinski definition) is 1. The fourth-order valence-corrected chi connectivity index (χ4v) is 3.13. The Morgan fingerprint density at radius 3 is 2.89 bits per heavy atom. The highest BCUT2D eigenvalue weighted by Crippen LogP contribution is 2.32. The van der Waals surface area contributed by atoms with E-state index in [1.165, 1.54) is 6.07 Å². The maximum absolute atomic E-state index is 10.8. The molecular formula is C12H15IN2O3. The number of nitro benzene ring substituents is 1. The molecule has 98 valence electrons. The van der Waals surface area contributed by atoms with Crippen molar-refractivity contribution in [3.05, 3.63) is 31.9 Å². The lowest BCUT2D eigenvalue weighted by Crippen LogP contribution is -2.35. The Balaban J connectivity index is 2.29. The molecule has 0 spiro atoms. The molecule has 1 saturated heterocycles. The first-order chi connectivity index (χ1) is 8.54. The maximum Gasteiger partial charge on any atom is 0.282 e. The van der Waals surface area contributed by atoms with Gasteiger partial charge in [0.05, 0.1) is 21.1 Å². The average molecular weight is 362 g/mol. The molecule has 2 unspecified atom stereocenters. The van der Waals surface area contributed by atoms with E-state index in [1.807, 2.05) is 28.7 Å². The number of halogens is 1. The number of rotatable bonds is 3. The summed E-state index contributed by atoms with van der Waals surface area (Å²) in [5.41, 5.74) is 1.08. The first kappa shape index (κ1) is 13.5. The van der Waals surface area contributed by atoms with Gasteiger partial charge in [-0.2, -0.15) is 0 Å². The topological polar surface area (TPSA) is 66.6 Å². The molecule has 0 bridgehead atoms. The summed E-state index contributed by atoms with van der Waals surface area (Å²) in [4.78, 5) is 12.5. The van der Waals surface area contributed by atoms with Crippen LogP contribution in [0, 0.1) is 19.6 Å². The summed E-state index contributed by atoms with van der Waals surface area (Å²) < 4.78 is 0.631. The molecule has 0 amide bonds. The molecule has 0 aliphatic carbocycles. The third-order valence-electron chi connectivity index (χ3n) is 3.53. The van der Waals surface area contributed by atoms with Crippen LogP contribution in [0.15, 0.2) is 18.2 Å². The number of benzene rings is 1. The molecule has 1 heterocycles. The molecule has 0 saturated carbocycles. The largest absolute Gasteiger partial charge is 0.394 e. The van der Waals surface area contributed by atoms with E-state index in [4.69, 9.17) is 0 Å². The van der Waals surface area contributed by atoms with E-state index in [2.05, 4.69) is 11.8 Å². The molecule has 1 aliphatic heterocycles. The minimum atomic E-state index is -0.373. The van der Waals surface area contributed by atoms with E-state index in [0.29, 0.717) is 9.49 Å². The molecule has 18 heavy (non-hydrogen) atoms. The second kappa shape index (κ2) is 5.40. The van der Waals surface area contributed by atoms with Crippen molar-refractivity contribution in [1.82, 2.24) is 0 Å². The van der Waals surface area contributed by atoms with Gasteiger partial charge in [0.25, 0.3) is 5.69 Å². The quantitative estimate of drug-likeness (QED) is 0.510. The number of hydrogen-bond acceptors (Lipinski definition) is 4. The number of aliphatic hydroxyl groups is 1. The molecule has 1 aliphatic rings. The second-order valence-electron chi connectivity index (χ2n) is 4.60. The van der Waals surface area contributed by atoms with Crippen LogP contribution < -0.4 is 4.90 Å². The molecule has 1 aromatic rings. The van der Waals surface area contributed by atoms with Gasteiger partial charge in [-0.05, 0) is 47.1 Å². The summed E-state index contributed by atoms with van der Waals surface area (Å²) in [7, 11) is 0. The maximum atomic E-state index is 10.8. The van der Waals surface area contributed by atoms with Crippen molar-refractivity contribution in [3.63, 3.8) is 0 Å². The molecule has 0 aromatic heterocycles. The summed E-state index contributed by atoms with van der Waals surface area (Å²) in [5, 5.41) is 20.2. The van der Waals surface area contributed by atoms with Crippen LogP contribution in [0.5, 0.6) is 0 Å². The van der Waals surface area contributed by atoms with Crippen molar-refractivity contribution in [1.29, 1.82) is 0 Å². The van der Waals surface area contributed by atoms with Gasteiger partial charge in [0.1, 0.15) is 0 Å². The first-order valence-electron chi connectivity index (χ1n) is 5.86. The van der Waals surface area contributed by atoms with Crippen LogP contribution >= 0.6 is 22.6 Å². The van der Waals surface area contributed by atoms with Gasteiger partial charge in [0.2, 0.25) is 0 Å². The van der Waals surface area contributed by atoms with E-state index < -0.39 is 0 Å². The molecule has 5 nitrogen and oxygen atoms in total. The Bertz CT molecular complexity index is 467. The number of aliphatic hydroxyl groups excluding tert-OH is 1. The van der Waals surface area contributed by atoms with E-state index in [9.17, 15) is 15.2 Å². The van der Waals surface area contributed by atoms with Crippen molar-refractivity contribution in [2.45, 2.75) is 19.4 Å². The van der Waals surface area contributed by atoms with Gasteiger partial charge in [-0.3, -0.25) is 10.1 Å². The molecule has 1 fully saturated rings. The third kappa shape index (κ3) is 2.44. The van der Waals surface area contributed by atoms with E-state index >= 15 is 0 Å². The van der Waals surface area contributed by atoms with Crippen LogP contribution in [0.4, 0.5) is 11.4 Å².